The number of phosphoric ester groups is 2. The van der Waals surface area contributed by atoms with Crippen LogP contribution in [-0.2, 0) is 65.4 Å². The van der Waals surface area contributed by atoms with Crippen LogP contribution in [0.25, 0.3) is 0 Å². The molecule has 0 aromatic rings. The van der Waals surface area contributed by atoms with E-state index in [1.54, 1.807) is 0 Å². The molecule has 89 heavy (non-hydrogen) atoms. The van der Waals surface area contributed by atoms with Gasteiger partial charge in [0, 0.05) is 25.7 Å². The Balaban J connectivity index is 5.27. The third-order valence-electron chi connectivity index (χ3n) is 15.7. The standard InChI is InChI=1S/C70H132O17P2/c1-6-9-12-15-18-21-23-25-27-29-31-35-40-45-50-55-69(74)86-66(60-81-68(73)54-49-44-39-34-30-28-26-24-22-19-16-13-10-7-2)62-85-89(78,79)83-58-64(71)57-82-88(76,77)84-61-65(59-80-67(72)53-48-43-38-20-17-14-11-8-3)87-70(75)56-51-46-41-36-32-33-37-42-47-52-63(4)5/h21,23,25,27,63-66,71H,6-20,22,24,26,28-62H2,1-5H3,(H,76,77)(H,78,79)/b23-21-,27-25-/t64-,65+,66+/m0/s1. The lowest BCUT2D eigenvalue weighted by molar-refractivity contribution is -0.161. The first-order valence-electron chi connectivity index (χ1n) is 36.0. The van der Waals surface area contributed by atoms with Gasteiger partial charge in [-0.3, -0.25) is 37.3 Å². The topological polar surface area (TPSA) is 237 Å². The minimum Gasteiger partial charge on any atom is -0.462 e. The molecule has 19 heteroatoms. The molecule has 0 fully saturated rings. The van der Waals surface area contributed by atoms with E-state index in [9.17, 15) is 43.2 Å². The maximum Gasteiger partial charge on any atom is 0.472 e. The third-order valence-corrected chi connectivity index (χ3v) is 17.6. The molecule has 0 saturated heterocycles. The van der Waals surface area contributed by atoms with Gasteiger partial charge in [-0.05, 0) is 57.3 Å². The molecule has 0 aromatic carbocycles. The smallest absolute Gasteiger partial charge is 0.462 e. The molecule has 0 bridgehead atoms. The van der Waals surface area contributed by atoms with Crippen molar-refractivity contribution < 1.29 is 80.2 Å². The first-order valence-corrected chi connectivity index (χ1v) is 38.9. The van der Waals surface area contributed by atoms with E-state index >= 15 is 0 Å². The molecule has 3 N–H and O–H groups in total. The summed E-state index contributed by atoms with van der Waals surface area (Å²) >= 11 is 0. The normalized spacial score (nSPS) is 14.3. The van der Waals surface area contributed by atoms with Crippen LogP contribution in [0.5, 0.6) is 0 Å². The van der Waals surface area contributed by atoms with Gasteiger partial charge in [-0.15, -0.1) is 0 Å². The molecule has 0 radical (unpaired) electrons. The molecule has 0 aliphatic heterocycles. The van der Waals surface area contributed by atoms with Crippen molar-refractivity contribution in [1.29, 1.82) is 0 Å². The van der Waals surface area contributed by atoms with Crippen molar-refractivity contribution in [2.45, 2.75) is 355 Å². The van der Waals surface area contributed by atoms with Gasteiger partial charge in [-0.25, -0.2) is 9.13 Å². The zero-order valence-corrected chi connectivity index (χ0v) is 58.8. The van der Waals surface area contributed by atoms with Gasteiger partial charge in [0.05, 0.1) is 26.4 Å². The van der Waals surface area contributed by atoms with E-state index < -0.39 is 97.5 Å². The van der Waals surface area contributed by atoms with Crippen molar-refractivity contribution >= 4 is 39.5 Å². The first-order chi connectivity index (χ1) is 43.0. The second kappa shape index (κ2) is 63.0. The van der Waals surface area contributed by atoms with E-state index in [1.165, 1.54) is 141 Å². The average molecular weight is 1310 g/mol. The van der Waals surface area contributed by atoms with Crippen LogP contribution in [0, 0.1) is 5.92 Å². The number of phosphoric acid groups is 2. The Bertz CT molecular complexity index is 1810. The fourth-order valence-electron chi connectivity index (χ4n) is 10.1. The van der Waals surface area contributed by atoms with Crippen LogP contribution in [0.4, 0.5) is 0 Å². The van der Waals surface area contributed by atoms with Crippen LogP contribution in [-0.4, -0.2) is 96.7 Å². The summed E-state index contributed by atoms with van der Waals surface area (Å²) in [4.78, 5) is 72.4. The highest BCUT2D eigenvalue weighted by molar-refractivity contribution is 7.47. The number of carbonyl (C=O) groups excluding carboxylic acids is 4. The molecular formula is C70H132O17P2. The van der Waals surface area contributed by atoms with Gasteiger partial charge < -0.3 is 33.8 Å². The minimum absolute atomic E-state index is 0.0855. The molecule has 0 rings (SSSR count). The van der Waals surface area contributed by atoms with Gasteiger partial charge in [0.2, 0.25) is 0 Å². The Kier molecular flexibility index (Phi) is 61.2. The molecule has 0 spiro atoms. The molecule has 2 unspecified atom stereocenters. The maximum atomic E-state index is 13.0. The van der Waals surface area contributed by atoms with E-state index in [-0.39, 0.29) is 25.7 Å². The largest absolute Gasteiger partial charge is 0.472 e. The summed E-state index contributed by atoms with van der Waals surface area (Å²) in [6, 6.07) is 0. The monoisotopic (exact) mass is 1310 g/mol. The third kappa shape index (κ3) is 64.1. The van der Waals surface area contributed by atoms with E-state index in [0.29, 0.717) is 25.7 Å². The lowest BCUT2D eigenvalue weighted by Gasteiger charge is -2.21. The van der Waals surface area contributed by atoms with Crippen LogP contribution >= 0.6 is 15.6 Å². The molecule has 0 saturated carbocycles. The van der Waals surface area contributed by atoms with Gasteiger partial charge >= 0.3 is 39.5 Å². The molecule has 0 aromatic heterocycles. The van der Waals surface area contributed by atoms with Gasteiger partial charge in [0.15, 0.2) is 12.2 Å². The van der Waals surface area contributed by atoms with Gasteiger partial charge in [-0.2, -0.15) is 0 Å². The number of rotatable bonds is 68. The number of unbranched alkanes of at least 4 members (excludes halogenated alkanes) is 37. The lowest BCUT2D eigenvalue weighted by Crippen LogP contribution is -2.30. The second-order valence-corrected chi connectivity index (χ2v) is 28.0. The zero-order chi connectivity index (χ0) is 65.6. The van der Waals surface area contributed by atoms with Crippen LogP contribution in [0.3, 0.4) is 0 Å². The summed E-state index contributed by atoms with van der Waals surface area (Å²) in [5, 5.41) is 10.6. The Morgan fingerprint density at radius 1 is 0.348 bits per heavy atom. The second-order valence-electron chi connectivity index (χ2n) is 25.1. The van der Waals surface area contributed by atoms with E-state index in [2.05, 4.69) is 58.9 Å². The quantitative estimate of drug-likeness (QED) is 0.0169. The van der Waals surface area contributed by atoms with Crippen molar-refractivity contribution in [2.75, 3.05) is 39.6 Å². The molecule has 17 nitrogen and oxygen atoms in total. The highest BCUT2D eigenvalue weighted by Crippen LogP contribution is 2.45. The number of aliphatic hydroxyl groups is 1. The summed E-state index contributed by atoms with van der Waals surface area (Å²) in [6.07, 6.45) is 52.1. The molecule has 0 heterocycles. The maximum absolute atomic E-state index is 13.0. The van der Waals surface area contributed by atoms with Crippen LogP contribution < -0.4 is 0 Å². The molecule has 0 amide bonds. The number of hydrogen-bond donors (Lipinski definition) is 3. The Morgan fingerprint density at radius 3 is 0.921 bits per heavy atom. The van der Waals surface area contributed by atoms with Gasteiger partial charge in [-0.1, -0.05) is 284 Å². The zero-order valence-electron chi connectivity index (χ0n) is 57.0. The summed E-state index contributed by atoms with van der Waals surface area (Å²) < 4.78 is 68.2. The number of allylic oxidation sites excluding steroid dienone is 4. The highest BCUT2D eigenvalue weighted by atomic mass is 31.2. The SMILES string of the molecule is CCCCCC/C=C\C=C/CCCCCCCC(=O)O[C@H](COC(=O)CCCCCCCCCCCCCCCC)COP(=O)(O)OC[C@@H](O)COP(=O)(O)OC[C@@H](COC(=O)CCCCCCCCCC)OC(=O)CCCCCCCCCCCC(C)C. The van der Waals surface area contributed by atoms with E-state index in [4.69, 9.17) is 37.0 Å². The number of carbonyl (C=O) groups is 4. The Labute approximate surface area is 542 Å². The van der Waals surface area contributed by atoms with E-state index in [0.717, 1.165) is 115 Å². The number of hydrogen-bond acceptors (Lipinski definition) is 15. The number of aliphatic hydroxyl groups excluding tert-OH is 1. The molecule has 5 atom stereocenters. The molecule has 0 aliphatic rings. The summed E-state index contributed by atoms with van der Waals surface area (Å²) in [6.45, 7) is 7.13. The number of ether oxygens (including phenoxy) is 4. The van der Waals surface area contributed by atoms with Crippen LogP contribution in [0.2, 0.25) is 0 Å². The Hall–Kier alpha value is -2.46. The lowest BCUT2D eigenvalue weighted by atomic mass is 10.0. The van der Waals surface area contributed by atoms with Gasteiger partial charge in [0.25, 0.3) is 0 Å². The fraction of sp³-hybridized carbons (Fsp3) is 0.886. The Morgan fingerprint density at radius 2 is 0.607 bits per heavy atom. The first kappa shape index (κ1) is 86.5. The highest BCUT2D eigenvalue weighted by Gasteiger charge is 2.30. The van der Waals surface area contributed by atoms with Crippen molar-refractivity contribution in [3.05, 3.63) is 24.3 Å². The van der Waals surface area contributed by atoms with Gasteiger partial charge in [0.1, 0.15) is 19.3 Å². The predicted molar refractivity (Wildman–Crippen MR) is 358 cm³/mol. The number of esters is 4. The summed E-state index contributed by atoms with van der Waals surface area (Å²) in [5.74, 6) is -1.42. The molecular weight excluding hydrogens is 1170 g/mol. The fourth-order valence-corrected chi connectivity index (χ4v) is 11.7. The van der Waals surface area contributed by atoms with E-state index in [1.807, 2.05) is 0 Å². The predicted octanol–water partition coefficient (Wildman–Crippen LogP) is 19.7. The van der Waals surface area contributed by atoms with Crippen LogP contribution in [0.1, 0.15) is 336 Å². The van der Waals surface area contributed by atoms with Crippen molar-refractivity contribution in [3.63, 3.8) is 0 Å². The summed E-state index contributed by atoms with van der Waals surface area (Å²) in [7, 11) is -9.91. The summed E-state index contributed by atoms with van der Waals surface area (Å²) in [5.41, 5.74) is 0. The van der Waals surface area contributed by atoms with Crippen molar-refractivity contribution in [2.24, 2.45) is 5.92 Å². The van der Waals surface area contributed by atoms with Crippen molar-refractivity contribution in [1.82, 2.24) is 0 Å². The minimum atomic E-state index is -4.96. The molecule has 524 valence electrons. The van der Waals surface area contributed by atoms with Crippen LogP contribution in [0.15, 0.2) is 24.3 Å². The average Bonchev–Trinajstić information content (AvgIpc) is 3.59. The molecule has 0 aliphatic carbocycles. The van der Waals surface area contributed by atoms with Crippen molar-refractivity contribution in [3.8, 4) is 0 Å².